The lowest BCUT2D eigenvalue weighted by molar-refractivity contribution is 0.0288. The van der Waals surface area contributed by atoms with Crippen molar-refractivity contribution >= 4 is 5.71 Å². The maximum absolute atomic E-state index is 6.31. The van der Waals surface area contributed by atoms with Gasteiger partial charge in [-0.05, 0) is 119 Å². The molecule has 43 heavy (non-hydrogen) atoms. The molecule has 0 spiro atoms. The van der Waals surface area contributed by atoms with Crippen molar-refractivity contribution in [1.29, 1.82) is 0 Å². The average molecular weight is 592 g/mol. The first-order valence-corrected chi connectivity index (χ1v) is 16.9. The number of nitrogens with zero attached hydrogens (tertiary/aromatic N) is 2. The molecule has 4 heteroatoms. The third-order valence-corrected chi connectivity index (χ3v) is 9.77. The number of ether oxygens (including phenoxy) is 1. The van der Waals surface area contributed by atoms with Crippen LogP contribution in [0.15, 0.2) is 53.9 Å². The van der Waals surface area contributed by atoms with Gasteiger partial charge in [-0.1, -0.05) is 73.1 Å². The molecule has 4 nitrogen and oxygen atoms in total. The topological polar surface area (TPSA) is 36.9 Å². The van der Waals surface area contributed by atoms with E-state index in [2.05, 4.69) is 124 Å². The number of hydrogen-bond donors (Lipinski definition) is 1. The van der Waals surface area contributed by atoms with Gasteiger partial charge in [-0.2, -0.15) is 0 Å². The number of likely N-dealkylation sites (N-methyl/N-ethyl adjacent to an activating group) is 1. The number of rotatable bonds is 16. The van der Waals surface area contributed by atoms with Crippen LogP contribution in [0.1, 0.15) is 123 Å². The Bertz CT molecular complexity index is 1140. The summed E-state index contributed by atoms with van der Waals surface area (Å²) in [5, 5.41) is 2.12. The zero-order valence-electron chi connectivity index (χ0n) is 30.0. The predicted molar refractivity (Wildman–Crippen MR) is 189 cm³/mol. The number of hydrazine groups is 1. The molecule has 0 heterocycles. The molecule has 1 aromatic carbocycles. The van der Waals surface area contributed by atoms with Crippen molar-refractivity contribution in [2.24, 2.45) is 28.2 Å². The van der Waals surface area contributed by atoms with Gasteiger partial charge in [0.25, 0.3) is 0 Å². The number of benzene rings is 1. The molecule has 1 N–H and O–H groups in total. The van der Waals surface area contributed by atoms with Gasteiger partial charge in [0.05, 0.1) is 11.5 Å². The molecule has 1 saturated carbocycles. The zero-order chi connectivity index (χ0) is 32.5. The highest BCUT2D eigenvalue weighted by Crippen LogP contribution is 2.56. The van der Waals surface area contributed by atoms with Crippen molar-refractivity contribution in [2.45, 2.75) is 132 Å². The van der Waals surface area contributed by atoms with Crippen molar-refractivity contribution in [3.8, 4) is 0 Å². The third kappa shape index (κ3) is 10.1. The molecule has 4 unspecified atom stereocenters. The first-order chi connectivity index (χ1) is 20.1. The molecule has 0 radical (unpaired) electrons. The van der Waals surface area contributed by atoms with Crippen LogP contribution in [-0.2, 0) is 11.2 Å². The van der Waals surface area contributed by atoms with E-state index in [0.29, 0.717) is 23.8 Å². The Labute approximate surface area is 266 Å². The Morgan fingerprint density at radius 2 is 1.79 bits per heavy atom. The fourth-order valence-corrected chi connectivity index (χ4v) is 7.47. The summed E-state index contributed by atoms with van der Waals surface area (Å²) in [7, 11) is 3.99. The Morgan fingerprint density at radius 3 is 2.35 bits per heavy atom. The number of hydrogen-bond acceptors (Lipinski definition) is 4. The molecule has 1 fully saturated rings. The first kappa shape index (κ1) is 36.9. The minimum atomic E-state index is -0.210. The van der Waals surface area contributed by atoms with E-state index in [1.54, 1.807) is 0 Å². The van der Waals surface area contributed by atoms with Gasteiger partial charge < -0.3 is 9.75 Å². The summed E-state index contributed by atoms with van der Waals surface area (Å²) in [6.07, 6.45) is 13.4. The van der Waals surface area contributed by atoms with Crippen LogP contribution >= 0.6 is 0 Å². The lowest BCUT2D eigenvalue weighted by Gasteiger charge is -2.38. The largest absolute Gasteiger partial charge is 0.493 e. The molecule has 0 bridgehead atoms. The molecule has 5 atom stereocenters. The SMILES string of the molecule is C=C(OC(C)(C)C)C1C[C@](C)(CC(CCC)NN(C)C(=C)/C=C\C(=NC)c2cc(C)c(C)cc2CCCC)C(CC)C1C. The van der Waals surface area contributed by atoms with Gasteiger partial charge in [-0.3, -0.25) is 4.99 Å². The van der Waals surface area contributed by atoms with Crippen LogP contribution in [0.25, 0.3) is 0 Å². The second kappa shape index (κ2) is 16.1. The summed E-state index contributed by atoms with van der Waals surface area (Å²) in [6, 6.07) is 5.01. The van der Waals surface area contributed by atoms with E-state index >= 15 is 0 Å². The van der Waals surface area contributed by atoms with Crippen molar-refractivity contribution in [2.75, 3.05) is 14.1 Å². The minimum absolute atomic E-state index is 0.210. The maximum atomic E-state index is 6.31. The Hall–Kier alpha value is -2.33. The van der Waals surface area contributed by atoms with Crippen LogP contribution in [0.5, 0.6) is 0 Å². The Morgan fingerprint density at radius 1 is 1.14 bits per heavy atom. The van der Waals surface area contributed by atoms with Crippen molar-refractivity contribution in [3.63, 3.8) is 0 Å². The molecular formula is C39H65N3O. The summed E-state index contributed by atoms with van der Waals surface area (Å²) >= 11 is 0. The van der Waals surface area contributed by atoms with E-state index in [0.717, 1.165) is 49.3 Å². The van der Waals surface area contributed by atoms with Gasteiger partial charge in [-0.15, -0.1) is 0 Å². The van der Waals surface area contributed by atoms with Crippen molar-refractivity contribution < 1.29 is 4.74 Å². The van der Waals surface area contributed by atoms with E-state index < -0.39 is 0 Å². The van der Waals surface area contributed by atoms with Gasteiger partial charge in [0.1, 0.15) is 5.60 Å². The molecule has 0 saturated heterocycles. The lowest BCUT2D eigenvalue weighted by atomic mass is 9.71. The standard InChI is InChI=1S/C39H65N3O/c1-15-18-20-32-23-27(4)28(5)24-34(32)37(40-13)22-21-29(6)42(14)41-33(19-16-2)25-39(12)26-35(30(7)36(39)17-3)31(8)43-38(9,10)11/h21-24,30,33,35-36,41H,6,8,15-20,25-26H2,1-5,7,9-14H3/b22-21-,40-37?/t30?,33?,35?,36?,39-/m0/s1. The molecule has 0 aromatic heterocycles. The van der Waals surface area contributed by atoms with E-state index in [9.17, 15) is 0 Å². The quantitative estimate of drug-likeness (QED) is 0.0899. The zero-order valence-corrected chi connectivity index (χ0v) is 30.0. The molecule has 242 valence electrons. The summed E-state index contributed by atoms with van der Waals surface area (Å²) in [5.74, 6) is 2.55. The van der Waals surface area contributed by atoms with E-state index in [4.69, 9.17) is 9.73 Å². The monoisotopic (exact) mass is 592 g/mol. The van der Waals surface area contributed by atoms with Crippen LogP contribution < -0.4 is 5.43 Å². The number of aryl methyl sites for hydroxylation is 3. The molecule has 0 amide bonds. The normalized spacial score (nSPS) is 23.5. The Kier molecular flexibility index (Phi) is 13.8. The number of aliphatic imine (C=N–C) groups is 1. The molecule has 1 aromatic rings. The summed E-state index contributed by atoms with van der Waals surface area (Å²) in [5.41, 5.74) is 11.1. The van der Waals surface area contributed by atoms with Crippen LogP contribution in [0.4, 0.5) is 0 Å². The Balaban J connectivity index is 2.20. The maximum Gasteiger partial charge on any atom is 0.100 e. The van der Waals surface area contributed by atoms with Crippen LogP contribution in [0.3, 0.4) is 0 Å². The molecular weight excluding hydrogens is 526 g/mol. The van der Waals surface area contributed by atoms with Gasteiger partial charge in [-0.25, -0.2) is 5.43 Å². The average Bonchev–Trinajstić information content (AvgIpc) is 3.17. The summed E-state index contributed by atoms with van der Waals surface area (Å²) in [6.45, 7) is 31.4. The predicted octanol–water partition coefficient (Wildman–Crippen LogP) is 10.1. The van der Waals surface area contributed by atoms with E-state index in [1.165, 1.54) is 41.5 Å². The van der Waals surface area contributed by atoms with Gasteiger partial charge in [0.15, 0.2) is 0 Å². The second-order valence-corrected chi connectivity index (χ2v) is 14.5. The minimum Gasteiger partial charge on any atom is -0.493 e. The van der Waals surface area contributed by atoms with Gasteiger partial charge in [0, 0.05) is 37.3 Å². The smallest absolute Gasteiger partial charge is 0.100 e. The van der Waals surface area contributed by atoms with Crippen molar-refractivity contribution in [1.82, 2.24) is 10.4 Å². The fraction of sp³-hybridized carbons (Fsp3) is 0.667. The molecule has 1 aliphatic rings. The molecule has 1 aliphatic carbocycles. The second-order valence-electron chi connectivity index (χ2n) is 14.5. The number of nitrogens with one attached hydrogen (secondary N) is 1. The fourth-order valence-electron chi connectivity index (χ4n) is 7.47. The van der Waals surface area contributed by atoms with Gasteiger partial charge in [0.2, 0.25) is 0 Å². The van der Waals surface area contributed by atoms with Crippen LogP contribution in [-0.4, -0.2) is 36.5 Å². The summed E-state index contributed by atoms with van der Waals surface area (Å²) in [4.78, 5) is 4.70. The first-order valence-electron chi connectivity index (χ1n) is 16.9. The lowest BCUT2D eigenvalue weighted by Crippen LogP contribution is -2.44. The highest BCUT2D eigenvalue weighted by atomic mass is 16.5. The van der Waals surface area contributed by atoms with E-state index in [1.807, 2.05) is 7.05 Å². The summed E-state index contributed by atoms with van der Waals surface area (Å²) < 4.78 is 6.31. The molecule has 2 rings (SSSR count). The molecule has 0 aliphatic heterocycles. The van der Waals surface area contributed by atoms with Crippen molar-refractivity contribution in [3.05, 3.63) is 71.2 Å². The highest BCUT2D eigenvalue weighted by molar-refractivity contribution is 6.10. The van der Waals surface area contributed by atoms with Gasteiger partial charge >= 0.3 is 0 Å². The number of unbranched alkanes of at least 4 members (excludes halogenated alkanes) is 1. The van der Waals surface area contributed by atoms with Crippen LogP contribution in [0, 0.1) is 37.0 Å². The number of allylic oxidation sites excluding steroid dienone is 3. The van der Waals surface area contributed by atoms with E-state index in [-0.39, 0.29) is 11.0 Å². The van der Waals surface area contributed by atoms with Crippen LogP contribution in [0.2, 0.25) is 0 Å². The highest BCUT2D eigenvalue weighted by Gasteiger charge is 2.50. The third-order valence-electron chi connectivity index (χ3n) is 9.77.